The molecule has 3 heteroatoms. The van der Waals surface area contributed by atoms with E-state index in [0.717, 1.165) is 31.6 Å². The first-order valence-corrected chi connectivity index (χ1v) is 9.89. The van der Waals surface area contributed by atoms with Crippen molar-refractivity contribution in [2.45, 2.75) is 25.3 Å². The van der Waals surface area contributed by atoms with Crippen molar-refractivity contribution in [3.05, 3.63) is 83.7 Å². The first kappa shape index (κ1) is 18.1. The number of fused-ring (bicyclic) bond motifs is 1. The molecule has 1 saturated heterocycles. The Morgan fingerprint density at radius 3 is 2.78 bits per heavy atom. The smallest absolute Gasteiger partial charge is 0.123 e. The molecule has 2 nitrogen and oxygen atoms in total. The van der Waals surface area contributed by atoms with Gasteiger partial charge in [0.05, 0.1) is 0 Å². The van der Waals surface area contributed by atoms with Crippen molar-refractivity contribution in [1.29, 1.82) is 0 Å². The average Bonchev–Trinajstić information content (AvgIpc) is 2.72. The molecule has 0 spiro atoms. The van der Waals surface area contributed by atoms with E-state index in [4.69, 9.17) is 0 Å². The zero-order valence-electron chi connectivity index (χ0n) is 15.8. The maximum absolute atomic E-state index is 13.7. The molecular formula is C24H27FN2. The first-order valence-electron chi connectivity index (χ1n) is 9.89. The molecule has 1 aliphatic rings. The van der Waals surface area contributed by atoms with Crippen molar-refractivity contribution >= 4 is 10.8 Å². The van der Waals surface area contributed by atoms with Gasteiger partial charge in [-0.05, 0) is 66.4 Å². The summed E-state index contributed by atoms with van der Waals surface area (Å²) in [6.45, 7) is 5.12. The van der Waals surface area contributed by atoms with E-state index in [1.165, 1.54) is 22.4 Å². The molecule has 2 unspecified atom stereocenters. The number of halogens is 1. The van der Waals surface area contributed by atoms with E-state index >= 15 is 0 Å². The Labute approximate surface area is 160 Å². The molecule has 140 valence electrons. The number of rotatable bonds is 5. The third-order valence-electron chi connectivity index (χ3n) is 5.88. The highest BCUT2D eigenvalue weighted by Gasteiger charge is 2.27. The minimum absolute atomic E-state index is 0.145. The molecule has 27 heavy (non-hydrogen) atoms. The molecule has 0 radical (unpaired) electrons. The number of hydrogen-bond acceptors (Lipinski definition) is 2. The van der Waals surface area contributed by atoms with E-state index in [-0.39, 0.29) is 11.9 Å². The maximum Gasteiger partial charge on any atom is 0.123 e. The van der Waals surface area contributed by atoms with Crippen LogP contribution in [0.15, 0.2) is 66.7 Å². The maximum atomic E-state index is 13.7. The first-order chi connectivity index (χ1) is 13.2. The molecule has 3 atom stereocenters. The minimum atomic E-state index is -0.145. The van der Waals surface area contributed by atoms with Crippen molar-refractivity contribution in [3.63, 3.8) is 0 Å². The normalized spacial score (nSPS) is 21.3. The summed E-state index contributed by atoms with van der Waals surface area (Å²) in [4.78, 5) is 0. The van der Waals surface area contributed by atoms with Crippen LogP contribution in [-0.2, 0) is 0 Å². The molecular weight excluding hydrogens is 335 g/mol. The molecule has 0 aliphatic carbocycles. The number of piperidine rings is 1. The van der Waals surface area contributed by atoms with Crippen molar-refractivity contribution in [2.75, 3.05) is 19.6 Å². The lowest BCUT2D eigenvalue weighted by atomic mass is 9.81. The summed E-state index contributed by atoms with van der Waals surface area (Å²) in [6.07, 6.45) is 1.11. The van der Waals surface area contributed by atoms with Crippen LogP contribution in [0.2, 0.25) is 0 Å². The Morgan fingerprint density at radius 2 is 1.89 bits per heavy atom. The van der Waals surface area contributed by atoms with Gasteiger partial charge in [-0.1, -0.05) is 54.6 Å². The highest BCUT2D eigenvalue weighted by molar-refractivity contribution is 5.86. The summed E-state index contributed by atoms with van der Waals surface area (Å²) in [5.41, 5.74) is 2.44. The van der Waals surface area contributed by atoms with Gasteiger partial charge >= 0.3 is 0 Å². The van der Waals surface area contributed by atoms with E-state index in [2.05, 4.69) is 66.1 Å². The molecule has 0 bridgehead atoms. The molecule has 0 saturated carbocycles. The molecule has 3 aromatic rings. The van der Waals surface area contributed by atoms with Gasteiger partial charge in [0, 0.05) is 18.5 Å². The van der Waals surface area contributed by atoms with Crippen LogP contribution in [0.5, 0.6) is 0 Å². The van der Waals surface area contributed by atoms with Crippen LogP contribution in [0.3, 0.4) is 0 Å². The van der Waals surface area contributed by atoms with Crippen LogP contribution in [0.4, 0.5) is 4.39 Å². The fourth-order valence-corrected chi connectivity index (χ4v) is 4.35. The Hall–Kier alpha value is -2.23. The Kier molecular flexibility index (Phi) is 5.51. The van der Waals surface area contributed by atoms with Crippen molar-refractivity contribution in [2.24, 2.45) is 5.92 Å². The molecule has 4 rings (SSSR count). The largest absolute Gasteiger partial charge is 0.316 e. The molecule has 1 fully saturated rings. The van der Waals surface area contributed by atoms with Gasteiger partial charge in [0.2, 0.25) is 0 Å². The van der Waals surface area contributed by atoms with Crippen LogP contribution in [-0.4, -0.2) is 19.6 Å². The van der Waals surface area contributed by atoms with Crippen LogP contribution in [0, 0.1) is 11.7 Å². The molecule has 0 amide bonds. The fraction of sp³-hybridized carbons (Fsp3) is 0.333. The Bertz CT molecular complexity index is 902. The summed E-state index contributed by atoms with van der Waals surface area (Å²) in [5, 5.41) is 9.82. The second-order valence-corrected chi connectivity index (χ2v) is 7.61. The number of benzene rings is 3. The second-order valence-electron chi connectivity index (χ2n) is 7.61. The number of hydrogen-bond donors (Lipinski definition) is 2. The molecule has 1 aliphatic heterocycles. The van der Waals surface area contributed by atoms with Gasteiger partial charge in [-0.2, -0.15) is 0 Å². The third kappa shape index (κ3) is 4.05. The van der Waals surface area contributed by atoms with E-state index in [1.807, 2.05) is 6.07 Å². The quantitative estimate of drug-likeness (QED) is 0.666. The van der Waals surface area contributed by atoms with E-state index in [9.17, 15) is 4.39 Å². The SMILES string of the molecule is C[C@@H](NCC1CCNCC1c1cccc(F)c1)c1cccc2ccccc12. The zero-order chi connectivity index (χ0) is 18.6. The highest BCUT2D eigenvalue weighted by Crippen LogP contribution is 2.30. The molecule has 2 N–H and O–H groups in total. The Balaban J connectivity index is 1.49. The second kappa shape index (κ2) is 8.20. The monoisotopic (exact) mass is 362 g/mol. The summed E-state index contributed by atoms with van der Waals surface area (Å²) in [5.74, 6) is 0.709. The highest BCUT2D eigenvalue weighted by atomic mass is 19.1. The van der Waals surface area contributed by atoms with E-state index in [1.54, 1.807) is 6.07 Å². The van der Waals surface area contributed by atoms with Crippen LogP contribution < -0.4 is 10.6 Å². The van der Waals surface area contributed by atoms with Gasteiger partial charge in [-0.15, -0.1) is 0 Å². The van der Waals surface area contributed by atoms with Crippen LogP contribution >= 0.6 is 0 Å². The summed E-state index contributed by atoms with van der Waals surface area (Å²) in [6, 6.07) is 22.4. The summed E-state index contributed by atoms with van der Waals surface area (Å²) in [7, 11) is 0. The van der Waals surface area contributed by atoms with Crippen LogP contribution in [0.1, 0.15) is 36.4 Å². The Morgan fingerprint density at radius 1 is 1.07 bits per heavy atom. The zero-order valence-corrected chi connectivity index (χ0v) is 15.8. The predicted octanol–water partition coefficient (Wildman–Crippen LogP) is 5.02. The van der Waals surface area contributed by atoms with Gasteiger partial charge < -0.3 is 10.6 Å². The van der Waals surface area contributed by atoms with Gasteiger partial charge in [0.1, 0.15) is 5.82 Å². The van der Waals surface area contributed by atoms with E-state index < -0.39 is 0 Å². The van der Waals surface area contributed by atoms with Gasteiger partial charge in [0.25, 0.3) is 0 Å². The summed E-state index contributed by atoms with van der Waals surface area (Å²) >= 11 is 0. The minimum Gasteiger partial charge on any atom is -0.316 e. The van der Waals surface area contributed by atoms with Crippen molar-refractivity contribution in [1.82, 2.24) is 10.6 Å². The lowest BCUT2D eigenvalue weighted by Gasteiger charge is -2.34. The standard InChI is InChI=1S/C24H27FN2/c1-17(22-11-5-7-18-6-2-3-10-23(18)22)27-15-20-12-13-26-16-24(20)19-8-4-9-21(25)14-19/h2-11,14,17,20,24,26-27H,12-13,15-16H2,1H3/t17-,20?,24?/m1/s1. The molecule has 3 aromatic carbocycles. The van der Waals surface area contributed by atoms with Gasteiger partial charge in [-0.3, -0.25) is 0 Å². The summed E-state index contributed by atoms with van der Waals surface area (Å²) < 4.78 is 13.7. The van der Waals surface area contributed by atoms with Crippen molar-refractivity contribution in [3.8, 4) is 0 Å². The van der Waals surface area contributed by atoms with Crippen LogP contribution in [0.25, 0.3) is 10.8 Å². The van der Waals surface area contributed by atoms with Crippen molar-refractivity contribution < 1.29 is 4.39 Å². The third-order valence-corrected chi connectivity index (χ3v) is 5.88. The van der Waals surface area contributed by atoms with Gasteiger partial charge in [0.15, 0.2) is 0 Å². The molecule has 1 heterocycles. The lowest BCUT2D eigenvalue weighted by Crippen LogP contribution is -2.40. The topological polar surface area (TPSA) is 24.1 Å². The average molecular weight is 362 g/mol. The molecule has 0 aromatic heterocycles. The fourth-order valence-electron chi connectivity index (χ4n) is 4.35. The number of nitrogens with one attached hydrogen (secondary N) is 2. The lowest BCUT2D eigenvalue weighted by molar-refractivity contribution is 0.302. The van der Waals surface area contributed by atoms with E-state index in [0.29, 0.717) is 11.8 Å². The predicted molar refractivity (Wildman–Crippen MR) is 110 cm³/mol. The van der Waals surface area contributed by atoms with Gasteiger partial charge in [-0.25, -0.2) is 4.39 Å².